The summed E-state index contributed by atoms with van der Waals surface area (Å²) < 4.78 is 7.00. The van der Waals surface area contributed by atoms with Crippen LogP contribution >= 0.6 is 0 Å². The Morgan fingerprint density at radius 1 is 1.17 bits per heavy atom. The van der Waals surface area contributed by atoms with Gasteiger partial charge in [0.15, 0.2) is 0 Å². The summed E-state index contributed by atoms with van der Waals surface area (Å²) in [6.07, 6.45) is 1.58. The number of nitrogens with one attached hydrogen (secondary N) is 2. The molecule has 2 aromatic heterocycles. The van der Waals surface area contributed by atoms with Crippen molar-refractivity contribution in [2.75, 3.05) is 5.32 Å². The Balaban J connectivity index is 1.73. The normalized spacial score (nSPS) is 10.5. The van der Waals surface area contributed by atoms with Crippen molar-refractivity contribution in [3.8, 4) is 5.69 Å². The van der Waals surface area contributed by atoms with E-state index in [4.69, 9.17) is 4.42 Å². The molecule has 0 atom stereocenters. The van der Waals surface area contributed by atoms with Crippen molar-refractivity contribution in [2.24, 2.45) is 0 Å². The molecule has 0 saturated carbocycles. The molecule has 6 nitrogen and oxygen atoms in total. The third-order valence-corrected chi connectivity index (χ3v) is 3.53. The molecule has 0 aliphatic rings. The van der Waals surface area contributed by atoms with Crippen LogP contribution in [0.4, 0.5) is 10.5 Å². The lowest BCUT2D eigenvalue weighted by atomic mass is 10.3. The molecule has 2 N–H and O–H groups in total. The monoisotopic (exact) mass is 310 g/mol. The SMILES string of the molecule is Cc1nn(-c2ccccc2)c(C)c1NC(=O)NCc1ccco1. The molecule has 0 saturated heterocycles. The fourth-order valence-electron chi connectivity index (χ4n) is 2.38. The number of urea groups is 1. The predicted molar refractivity (Wildman–Crippen MR) is 87.6 cm³/mol. The van der Waals surface area contributed by atoms with Crippen LogP contribution in [0.3, 0.4) is 0 Å². The van der Waals surface area contributed by atoms with Crippen molar-refractivity contribution in [3.63, 3.8) is 0 Å². The lowest BCUT2D eigenvalue weighted by Gasteiger charge is -2.08. The molecular weight excluding hydrogens is 292 g/mol. The van der Waals surface area contributed by atoms with Crippen LogP contribution in [0.5, 0.6) is 0 Å². The maximum Gasteiger partial charge on any atom is 0.319 e. The number of hydrogen-bond donors (Lipinski definition) is 2. The Morgan fingerprint density at radius 2 is 1.96 bits per heavy atom. The van der Waals surface area contributed by atoms with Crippen molar-refractivity contribution in [1.29, 1.82) is 0 Å². The van der Waals surface area contributed by atoms with E-state index in [1.54, 1.807) is 12.3 Å². The summed E-state index contributed by atoms with van der Waals surface area (Å²) in [5.74, 6) is 0.702. The minimum Gasteiger partial charge on any atom is -0.467 e. The third-order valence-electron chi connectivity index (χ3n) is 3.53. The van der Waals surface area contributed by atoms with E-state index in [0.29, 0.717) is 18.0 Å². The van der Waals surface area contributed by atoms with Gasteiger partial charge in [0.05, 0.1) is 35.6 Å². The summed E-state index contributed by atoms with van der Waals surface area (Å²) in [5, 5.41) is 10.1. The molecule has 0 aliphatic carbocycles. The van der Waals surface area contributed by atoms with E-state index in [2.05, 4.69) is 15.7 Å². The van der Waals surface area contributed by atoms with Gasteiger partial charge >= 0.3 is 6.03 Å². The Hall–Kier alpha value is -3.02. The van der Waals surface area contributed by atoms with Crippen molar-refractivity contribution >= 4 is 11.7 Å². The van der Waals surface area contributed by atoms with Crippen LogP contribution in [-0.4, -0.2) is 15.8 Å². The van der Waals surface area contributed by atoms with Crippen LogP contribution in [0, 0.1) is 13.8 Å². The molecule has 1 aromatic carbocycles. The molecular formula is C17H18N4O2. The molecule has 0 bridgehead atoms. The molecule has 2 heterocycles. The molecule has 0 unspecified atom stereocenters. The first-order valence-corrected chi connectivity index (χ1v) is 7.34. The zero-order valence-electron chi connectivity index (χ0n) is 13.0. The number of carbonyl (C=O) groups excluding carboxylic acids is 1. The molecule has 0 spiro atoms. The molecule has 23 heavy (non-hydrogen) atoms. The van der Waals surface area contributed by atoms with E-state index in [-0.39, 0.29) is 6.03 Å². The van der Waals surface area contributed by atoms with E-state index in [1.165, 1.54) is 0 Å². The first kappa shape index (κ1) is 14.9. The fourth-order valence-corrected chi connectivity index (χ4v) is 2.38. The number of hydrogen-bond acceptors (Lipinski definition) is 3. The van der Waals surface area contributed by atoms with Gasteiger partial charge in [-0.25, -0.2) is 9.48 Å². The van der Waals surface area contributed by atoms with E-state index in [9.17, 15) is 4.79 Å². The van der Waals surface area contributed by atoms with Gasteiger partial charge in [-0.1, -0.05) is 18.2 Å². The van der Waals surface area contributed by atoms with Crippen LogP contribution in [-0.2, 0) is 6.54 Å². The quantitative estimate of drug-likeness (QED) is 0.775. The average molecular weight is 310 g/mol. The lowest BCUT2D eigenvalue weighted by molar-refractivity contribution is 0.251. The standard InChI is InChI=1S/C17H18N4O2/c1-12-16(19-17(22)18-11-15-9-6-10-23-15)13(2)21(20-12)14-7-4-3-5-8-14/h3-10H,11H2,1-2H3,(H2,18,19,22). The number of carbonyl (C=O) groups is 1. The van der Waals surface area contributed by atoms with Crippen LogP contribution < -0.4 is 10.6 Å². The summed E-state index contributed by atoms with van der Waals surface area (Å²) in [7, 11) is 0. The average Bonchev–Trinajstić information content (AvgIpc) is 3.17. The van der Waals surface area contributed by atoms with Crippen molar-refractivity contribution < 1.29 is 9.21 Å². The Labute approximate surface area is 134 Å². The third kappa shape index (κ3) is 3.26. The van der Waals surface area contributed by atoms with Gasteiger partial charge in [-0.15, -0.1) is 0 Å². The summed E-state index contributed by atoms with van der Waals surface area (Å²) in [6, 6.07) is 13.1. The largest absolute Gasteiger partial charge is 0.467 e. The second kappa shape index (κ2) is 6.39. The Kier molecular flexibility index (Phi) is 4.14. The van der Waals surface area contributed by atoms with Crippen LogP contribution in [0.2, 0.25) is 0 Å². The van der Waals surface area contributed by atoms with E-state index >= 15 is 0 Å². The molecule has 118 valence electrons. The van der Waals surface area contributed by atoms with Crippen molar-refractivity contribution in [3.05, 3.63) is 65.9 Å². The fraction of sp³-hybridized carbons (Fsp3) is 0.176. The van der Waals surface area contributed by atoms with Gasteiger partial charge in [-0.3, -0.25) is 0 Å². The Bertz CT molecular complexity index is 792. The van der Waals surface area contributed by atoms with E-state index in [1.807, 2.05) is 54.9 Å². The maximum atomic E-state index is 12.1. The van der Waals surface area contributed by atoms with Gasteiger partial charge in [0, 0.05) is 0 Å². The maximum absolute atomic E-state index is 12.1. The number of amides is 2. The number of aromatic nitrogens is 2. The van der Waals surface area contributed by atoms with Crippen LogP contribution in [0.15, 0.2) is 53.1 Å². The first-order valence-electron chi connectivity index (χ1n) is 7.34. The highest BCUT2D eigenvalue weighted by molar-refractivity contribution is 5.90. The molecule has 3 aromatic rings. The molecule has 6 heteroatoms. The number of benzene rings is 1. The number of rotatable bonds is 4. The highest BCUT2D eigenvalue weighted by atomic mass is 16.3. The van der Waals surface area contributed by atoms with Gasteiger partial charge < -0.3 is 15.1 Å². The van der Waals surface area contributed by atoms with Crippen LogP contribution in [0.1, 0.15) is 17.1 Å². The number of nitrogens with zero attached hydrogens (tertiary/aromatic N) is 2. The molecule has 3 rings (SSSR count). The van der Waals surface area contributed by atoms with Crippen molar-refractivity contribution in [1.82, 2.24) is 15.1 Å². The summed E-state index contributed by atoms with van der Waals surface area (Å²) in [6.45, 7) is 4.13. The molecule has 0 radical (unpaired) electrons. The second-order valence-electron chi connectivity index (χ2n) is 5.18. The van der Waals surface area contributed by atoms with Gasteiger partial charge in [-0.2, -0.15) is 5.10 Å². The minimum absolute atomic E-state index is 0.291. The van der Waals surface area contributed by atoms with E-state index < -0.39 is 0 Å². The first-order chi connectivity index (χ1) is 11.1. The Morgan fingerprint density at radius 3 is 2.65 bits per heavy atom. The molecule has 0 fully saturated rings. The van der Waals surface area contributed by atoms with Gasteiger partial charge in [-0.05, 0) is 38.1 Å². The molecule has 2 amide bonds. The number of aryl methyl sites for hydroxylation is 1. The zero-order chi connectivity index (χ0) is 16.2. The number of furan rings is 1. The smallest absolute Gasteiger partial charge is 0.319 e. The summed E-state index contributed by atoms with van der Waals surface area (Å²) >= 11 is 0. The highest BCUT2D eigenvalue weighted by Gasteiger charge is 2.15. The lowest BCUT2D eigenvalue weighted by Crippen LogP contribution is -2.28. The predicted octanol–water partition coefficient (Wildman–Crippen LogP) is 3.40. The van der Waals surface area contributed by atoms with Gasteiger partial charge in [0.1, 0.15) is 5.76 Å². The van der Waals surface area contributed by atoms with Crippen molar-refractivity contribution in [2.45, 2.75) is 20.4 Å². The number of anilines is 1. The van der Waals surface area contributed by atoms with Gasteiger partial charge in [0.25, 0.3) is 0 Å². The number of para-hydroxylation sites is 1. The van der Waals surface area contributed by atoms with E-state index in [0.717, 1.165) is 17.1 Å². The molecule has 0 aliphatic heterocycles. The minimum atomic E-state index is -0.291. The summed E-state index contributed by atoms with van der Waals surface area (Å²) in [5.41, 5.74) is 3.31. The summed E-state index contributed by atoms with van der Waals surface area (Å²) in [4.78, 5) is 12.1. The highest BCUT2D eigenvalue weighted by Crippen LogP contribution is 2.22. The topological polar surface area (TPSA) is 72.1 Å². The zero-order valence-corrected chi connectivity index (χ0v) is 13.0. The van der Waals surface area contributed by atoms with Gasteiger partial charge in [0.2, 0.25) is 0 Å². The van der Waals surface area contributed by atoms with Crippen LogP contribution in [0.25, 0.3) is 5.69 Å². The second-order valence-corrected chi connectivity index (χ2v) is 5.18.